The van der Waals surface area contributed by atoms with Gasteiger partial charge in [-0.1, -0.05) is 6.07 Å². The molecule has 0 spiro atoms. The first-order valence-corrected chi connectivity index (χ1v) is 6.85. The van der Waals surface area contributed by atoms with Gasteiger partial charge in [0.25, 0.3) is 5.69 Å². The second kappa shape index (κ2) is 5.83. The molecule has 19 heavy (non-hydrogen) atoms. The summed E-state index contributed by atoms with van der Waals surface area (Å²) >= 11 is 0. The number of rotatable bonds is 3. The Kier molecular flexibility index (Phi) is 4.86. The van der Waals surface area contributed by atoms with Crippen molar-refractivity contribution in [3.8, 4) is 0 Å². The number of halogens is 1. The van der Waals surface area contributed by atoms with Crippen molar-refractivity contribution in [1.82, 2.24) is 4.31 Å². The van der Waals surface area contributed by atoms with Crippen molar-refractivity contribution in [1.29, 1.82) is 0 Å². The van der Waals surface area contributed by atoms with Crippen LogP contribution in [-0.2, 0) is 10.0 Å². The van der Waals surface area contributed by atoms with Gasteiger partial charge in [0, 0.05) is 31.3 Å². The largest absolute Gasteiger partial charge is 0.326 e. The molecule has 0 aromatic heterocycles. The Labute approximate surface area is 117 Å². The molecule has 1 aliphatic heterocycles. The molecular weight excluding hydrogens is 294 g/mol. The van der Waals surface area contributed by atoms with Crippen LogP contribution in [0.3, 0.4) is 0 Å². The molecule has 106 valence electrons. The van der Waals surface area contributed by atoms with Gasteiger partial charge in [0.2, 0.25) is 10.0 Å². The van der Waals surface area contributed by atoms with Crippen LogP contribution in [0, 0.1) is 10.1 Å². The van der Waals surface area contributed by atoms with Crippen LogP contribution < -0.4 is 5.73 Å². The van der Waals surface area contributed by atoms with Gasteiger partial charge in [-0.05, 0) is 12.5 Å². The Bertz CT molecular complexity index is 578. The normalized spacial score (nSPS) is 19.9. The van der Waals surface area contributed by atoms with E-state index < -0.39 is 14.9 Å². The average molecular weight is 308 g/mol. The molecule has 1 saturated heterocycles. The minimum Gasteiger partial charge on any atom is -0.326 e. The fraction of sp³-hybridized carbons (Fsp3) is 0.400. The van der Waals surface area contributed by atoms with Crippen LogP contribution in [0.2, 0.25) is 0 Å². The standard InChI is InChI=1S/C10H13N3O4S.ClH/c11-8-4-5-12(7-8)18(16,17)10-3-1-2-9(6-10)13(14)15;/h1-3,6,8H,4-5,7,11H2;1H. The zero-order valence-corrected chi connectivity index (χ0v) is 11.6. The van der Waals surface area contributed by atoms with Gasteiger partial charge in [0.05, 0.1) is 9.82 Å². The van der Waals surface area contributed by atoms with Crippen LogP contribution in [0.15, 0.2) is 29.2 Å². The molecule has 1 aromatic carbocycles. The molecule has 2 rings (SSSR count). The van der Waals surface area contributed by atoms with Crippen molar-refractivity contribution in [3.05, 3.63) is 34.4 Å². The quantitative estimate of drug-likeness (QED) is 0.654. The maximum atomic E-state index is 12.2. The number of sulfonamides is 1. The molecule has 1 aromatic rings. The molecule has 1 unspecified atom stereocenters. The highest BCUT2D eigenvalue weighted by Crippen LogP contribution is 2.23. The third-order valence-corrected chi connectivity index (χ3v) is 4.71. The van der Waals surface area contributed by atoms with E-state index in [1.165, 1.54) is 22.5 Å². The summed E-state index contributed by atoms with van der Waals surface area (Å²) < 4.78 is 25.7. The van der Waals surface area contributed by atoms with Crippen LogP contribution in [0.5, 0.6) is 0 Å². The minimum absolute atomic E-state index is 0. The van der Waals surface area contributed by atoms with Gasteiger partial charge in [-0.3, -0.25) is 10.1 Å². The first-order chi connectivity index (χ1) is 8.41. The Morgan fingerprint density at radius 3 is 2.63 bits per heavy atom. The molecule has 1 aliphatic rings. The predicted molar refractivity (Wildman–Crippen MR) is 71.7 cm³/mol. The lowest BCUT2D eigenvalue weighted by molar-refractivity contribution is -0.385. The third kappa shape index (κ3) is 3.21. The summed E-state index contributed by atoms with van der Waals surface area (Å²) in [6.45, 7) is 0.608. The molecule has 0 saturated carbocycles. The van der Waals surface area contributed by atoms with Crippen molar-refractivity contribution in [3.63, 3.8) is 0 Å². The summed E-state index contributed by atoms with van der Waals surface area (Å²) in [7, 11) is -3.68. The summed E-state index contributed by atoms with van der Waals surface area (Å²) in [6, 6.07) is 4.87. The SMILES string of the molecule is Cl.NC1CCN(S(=O)(=O)c2cccc([N+](=O)[O-])c2)C1. The summed E-state index contributed by atoms with van der Waals surface area (Å²) in [5, 5.41) is 10.6. The molecule has 1 fully saturated rings. The number of nitrogens with zero attached hydrogens (tertiary/aromatic N) is 2. The lowest BCUT2D eigenvalue weighted by Crippen LogP contribution is -2.31. The number of non-ortho nitro benzene ring substituents is 1. The van der Waals surface area contributed by atoms with E-state index in [9.17, 15) is 18.5 Å². The Hall–Kier alpha value is -1.22. The smallest absolute Gasteiger partial charge is 0.270 e. The second-order valence-electron chi connectivity index (χ2n) is 4.17. The lowest BCUT2D eigenvalue weighted by atomic mass is 10.3. The second-order valence-corrected chi connectivity index (χ2v) is 6.10. The van der Waals surface area contributed by atoms with Crippen LogP contribution in [0.1, 0.15) is 6.42 Å². The van der Waals surface area contributed by atoms with E-state index >= 15 is 0 Å². The molecule has 9 heteroatoms. The van der Waals surface area contributed by atoms with E-state index in [1.807, 2.05) is 0 Å². The van der Waals surface area contributed by atoms with E-state index in [0.717, 1.165) is 6.07 Å². The first kappa shape index (κ1) is 15.8. The summed E-state index contributed by atoms with van der Waals surface area (Å²) in [6.07, 6.45) is 0.605. The minimum atomic E-state index is -3.68. The maximum absolute atomic E-state index is 12.2. The van der Waals surface area contributed by atoms with Crippen molar-refractivity contribution in [2.45, 2.75) is 17.4 Å². The highest BCUT2D eigenvalue weighted by atomic mass is 35.5. The van der Waals surface area contributed by atoms with Crippen LogP contribution in [0.25, 0.3) is 0 Å². The highest BCUT2D eigenvalue weighted by molar-refractivity contribution is 7.89. The van der Waals surface area contributed by atoms with Crippen LogP contribution >= 0.6 is 12.4 Å². The first-order valence-electron chi connectivity index (χ1n) is 5.41. The Morgan fingerprint density at radius 2 is 2.11 bits per heavy atom. The van der Waals surface area contributed by atoms with E-state index in [1.54, 1.807) is 0 Å². The van der Waals surface area contributed by atoms with Crippen molar-refractivity contribution in [2.75, 3.05) is 13.1 Å². The third-order valence-electron chi connectivity index (χ3n) is 2.85. The van der Waals surface area contributed by atoms with Gasteiger partial charge in [0.1, 0.15) is 0 Å². The van der Waals surface area contributed by atoms with Crippen molar-refractivity contribution < 1.29 is 13.3 Å². The van der Waals surface area contributed by atoms with Gasteiger partial charge in [-0.2, -0.15) is 4.31 Å². The molecular formula is C10H14ClN3O4S. The monoisotopic (exact) mass is 307 g/mol. The van der Waals surface area contributed by atoms with Crippen LogP contribution in [0.4, 0.5) is 5.69 Å². The number of hydrogen-bond acceptors (Lipinski definition) is 5. The summed E-state index contributed by atoms with van der Waals surface area (Å²) in [5.41, 5.74) is 5.43. The van der Waals surface area contributed by atoms with E-state index in [4.69, 9.17) is 5.73 Å². The van der Waals surface area contributed by atoms with E-state index in [0.29, 0.717) is 13.0 Å². The van der Waals surface area contributed by atoms with Crippen molar-refractivity contribution >= 4 is 28.1 Å². The maximum Gasteiger partial charge on any atom is 0.270 e. The fourth-order valence-corrected chi connectivity index (χ4v) is 3.43. The number of hydrogen-bond donors (Lipinski definition) is 1. The zero-order valence-electron chi connectivity index (χ0n) is 9.93. The van der Waals surface area contributed by atoms with Gasteiger partial charge in [-0.25, -0.2) is 8.42 Å². The summed E-state index contributed by atoms with van der Waals surface area (Å²) in [5.74, 6) is 0. The van der Waals surface area contributed by atoms with Crippen molar-refractivity contribution in [2.24, 2.45) is 5.73 Å². The Morgan fingerprint density at radius 1 is 1.42 bits per heavy atom. The van der Waals surface area contributed by atoms with Gasteiger partial charge in [-0.15, -0.1) is 12.4 Å². The number of nitro groups is 1. The number of nitrogens with two attached hydrogens (primary N) is 1. The van der Waals surface area contributed by atoms with E-state index in [-0.39, 0.29) is 35.6 Å². The zero-order chi connectivity index (χ0) is 13.3. The molecule has 0 bridgehead atoms. The Balaban J connectivity index is 0.00000180. The molecule has 1 atom stereocenters. The van der Waals surface area contributed by atoms with E-state index in [2.05, 4.69) is 0 Å². The molecule has 0 aliphatic carbocycles. The van der Waals surface area contributed by atoms with Crippen LogP contribution in [-0.4, -0.2) is 36.8 Å². The topological polar surface area (TPSA) is 107 Å². The van der Waals surface area contributed by atoms with Gasteiger partial charge in [0.15, 0.2) is 0 Å². The predicted octanol–water partition coefficient (Wildman–Crippen LogP) is 0.738. The molecule has 0 amide bonds. The van der Waals surface area contributed by atoms with Gasteiger partial charge < -0.3 is 5.73 Å². The average Bonchev–Trinajstić information content (AvgIpc) is 2.77. The number of nitro benzene ring substituents is 1. The molecule has 7 nitrogen and oxygen atoms in total. The summed E-state index contributed by atoms with van der Waals surface area (Å²) in [4.78, 5) is 9.95. The fourth-order valence-electron chi connectivity index (χ4n) is 1.88. The lowest BCUT2D eigenvalue weighted by Gasteiger charge is -2.15. The van der Waals surface area contributed by atoms with Gasteiger partial charge >= 0.3 is 0 Å². The number of benzene rings is 1. The molecule has 0 radical (unpaired) electrons. The molecule has 1 heterocycles. The highest BCUT2D eigenvalue weighted by Gasteiger charge is 2.31. The molecule has 2 N–H and O–H groups in total.